The number of imidazole rings is 1. The Morgan fingerprint density at radius 2 is 2.24 bits per heavy atom. The Morgan fingerprint density at radius 3 is 3.05 bits per heavy atom. The summed E-state index contributed by atoms with van der Waals surface area (Å²) in [5.41, 5.74) is 2.09. The predicted octanol–water partition coefficient (Wildman–Crippen LogP) is 1.80. The predicted molar refractivity (Wildman–Crippen MR) is 81.9 cm³/mol. The molecule has 1 amide bonds. The van der Waals surface area contributed by atoms with Crippen molar-refractivity contribution in [3.05, 3.63) is 54.2 Å². The molecule has 3 rings (SSSR count). The van der Waals surface area contributed by atoms with E-state index in [9.17, 15) is 4.79 Å². The molecule has 0 spiro atoms. The van der Waals surface area contributed by atoms with Gasteiger partial charge in [-0.2, -0.15) is 0 Å². The van der Waals surface area contributed by atoms with Gasteiger partial charge in [0.2, 0.25) is 5.91 Å². The minimum absolute atomic E-state index is 0.0361. The number of benzene rings is 1. The van der Waals surface area contributed by atoms with Crippen LogP contribution in [0, 0.1) is 0 Å². The quantitative estimate of drug-likeness (QED) is 0.749. The first-order valence-corrected chi connectivity index (χ1v) is 7.02. The van der Waals surface area contributed by atoms with Gasteiger partial charge in [-0.1, -0.05) is 18.2 Å². The number of para-hydroxylation sites is 1. The summed E-state index contributed by atoms with van der Waals surface area (Å²) < 4.78 is 1.96. The average Bonchev–Trinajstić information content (AvgIpc) is 3.07. The summed E-state index contributed by atoms with van der Waals surface area (Å²) in [6.07, 6.45) is 6.71. The number of carbonyl (C=O) groups is 1. The smallest absolute Gasteiger partial charge is 0.224 e. The number of aromatic amines is 1. The van der Waals surface area contributed by atoms with Crippen molar-refractivity contribution in [2.45, 2.75) is 12.8 Å². The normalized spacial score (nSPS) is 10.9. The standard InChI is InChI=1S/C16H18N4O/c1-20-9-8-17-15(20)6-7-18-16(21)10-12-11-19-14-5-3-2-4-13(12)14/h2-5,8-9,11,19H,6-7,10H2,1H3,(H,18,21). The van der Waals surface area contributed by atoms with Gasteiger partial charge in [0.25, 0.3) is 0 Å². The first-order chi connectivity index (χ1) is 10.2. The van der Waals surface area contributed by atoms with Crippen LogP contribution in [0.4, 0.5) is 0 Å². The lowest BCUT2D eigenvalue weighted by Crippen LogP contribution is -2.27. The van der Waals surface area contributed by atoms with Crippen LogP contribution in [-0.2, 0) is 24.7 Å². The number of rotatable bonds is 5. The maximum Gasteiger partial charge on any atom is 0.224 e. The Labute approximate surface area is 123 Å². The first kappa shape index (κ1) is 13.4. The van der Waals surface area contributed by atoms with Crippen molar-refractivity contribution in [2.24, 2.45) is 7.05 Å². The second-order valence-electron chi connectivity index (χ2n) is 5.09. The number of hydrogen-bond acceptors (Lipinski definition) is 2. The van der Waals surface area contributed by atoms with E-state index in [0.29, 0.717) is 13.0 Å². The number of H-pyrrole nitrogens is 1. The van der Waals surface area contributed by atoms with Crippen molar-refractivity contribution in [1.29, 1.82) is 0 Å². The molecule has 0 radical (unpaired) electrons. The van der Waals surface area contributed by atoms with Gasteiger partial charge in [0, 0.05) is 49.5 Å². The minimum atomic E-state index is 0.0361. The lowest BCUT2D eigenvalue weighted by Gasteiger charge is -2.05. The summed E-state index contributed by atoms with van der Waals surface area (Å²) in [5.74, 6) is 1.01. The number of fused-ring (bicyclic) bond motifs is 1. The Bertz CT molecular complexity index is 756. The Morgan fingerprint density at radius 1 is 1.38 bits per heavy atom. The van der Waals surface area contributed by atoms with E-state index >= 15 is 0 Å². The van der Waals surface area contributed by atoms with Gasteiger partial charge < -0.3 is 14.9 Å². The van der Waals surface area contributed by atoms with Gasteiger partial charge in [-0.25, -0.2) is 4.98 Å². The molecule has 5 nitrogen and oxygen atoms in total. The number of hydrogen-bond donors (Lipinski definition) is 2. The highest BCUT2D eigenvalue weighted by Crippen LogP contribution is 2.17. The topological polar surface area (TPSA) is 62.7 Å². The molecule has 2 heterocycles. The zero-order valence-electron chi connectivity index (χ0n) is 12.0. The fraction of sp³-hybridized carbons (Fsp3) is 0.250. The largest absolute Gasteiger partial charge is 0.361 e. The van der Waals surface area contributed by atoms with Gasteiger partial charge in [-0.3, -0.25) is 4.79 Å². The molecular formula is C16H18N4O. The van der Waals surface area contributed by atoms with Gasteiger partial charge in [-0.05, 0) is 11.6 Å². The third kappa shape index (κ3) is 2.97. The molecule has 1 aromatic carbocycles. The molecule has 0 unspecified atom stereocenters. The maximum atomic E-state index is 12.0. The first-order valence-electron chi connectivity index (χ1n) is 7.02. The fourth-order valence-corrected chi connectivity index (χ4v) is 2.46. The molecule has 0 aliphatic heterocycles. The van der Waals surface area contributed by atoms with E-state index in [1.165, 1.54) is 0 Å². The molecule has 0 bridgehead atoms. The second-order valence-corrected chi connectivity index (χ2v) is 5.09. The van der Waals surface area contributed by atoms with Crippen LogP contribution in [0.5, 0.6) is 0 Å². The molecular weight excluding hydrogens is 264 g/mol. The number of nitrogens with one attached hydrogen (secondary N) is 2. The molecule has 3 aromatic rings. The molecule has 0 saturated carbocycles. The molecule has 2 N–H and O–H groups in total. The van der Waals surface area contributed by atoms with Crippen LogP contribution < -0.4 is 5.32 Å². The molecule has 21 heavy (non-hydrogen) atoms. The summed E-state index contributed by atoms with van der Waals surface area (Å²) in [7, 11) is 1.95. The summed E-state index contributed by atoms with van der Waals surface area (Å²) in [5, 5.41) is 4.05. The van der Waals surface area contributed by atoms with Gasteiger partial charge >= 0.3 is 0 Å². The molecule has 108 valence electrons. The summed E-state index contributed by atoms with van der Waals surface area (Å²) in [4.78, 5) is 19.4. The lowest BCUT2D eigenvalue weighted by atomic mass is 10.1. The molecule has 5 heteroatoms. The van der Waals surface area contributed by atoms with Gasteiger partial charge in [0.1, 0.15) is 5.82 Å². The van der Waals surface area contributed by atoms with Gasteiger partial charge in [-0.15, -0.1) is 0 Å². The minimum Gasteiger partial charge on any atom is -0.361 e. The number of amides is 1. The van der Waals surface area contributed by atoms with Gasteiger partial charge in [0.05, 0.1) is 6.42 Å². The highest BCUT2D eigenvalue weighted by atomic mass is 16.1. The van der Waals surface area contributed by atoms with E-state index in [4.69, 9.17) is 0 Å². The molecule has 0 aliphatic carbocycles. The molecule has 2 aromatic heterocycles. The van der Waals surface area contributed by atoms with Crippen molar-refractivity contribution in [3.63, 3.8) is 0 Å². The molecule has 0 aliphatic rings. The van der Waals surface area contributed by atoms with E-state index in [2.05, 4.69) is 15.3 Å². The van der Waals surface area contributed by atoms with Gasteiger partial charge in [0.15, 0.2) is 0 Å². The van der Waals surface area contributed by atoms with Crippen molar-refractivity contribution < 1.29 is 4.79 Å². The SMILES string of the molecule is Cn1ccnc1CCNC(=O)Cc1c[nH]c2ccccc12. The van der Waals surface area contributed by atoms with Crippen LogP contribution in [-0.4, -0.2) is 27.0 Å². The third-order valence-electron chi connectivity index (χ3n) is 3.62. The zero-order chi connectivity index (χ0) is 14.7. The van der Waals surface area contributed by atoms with E-state index in [0.717, 1.165) is 28.7 Å². The van der Waals surface area contributed by atoms with Crippen molar-refractivity contribution in [3.8, 4) is 0 Å². The molecule has 0 saturated heterocycles. The summed E-state index contributed by atoms with van der Waals surface area (Å²) in [6.45, 7) is 0.603. The van der Waals surface area contributed by atoms with Crippen LogP contribution in [0.2, 0.25) is 0 Å². The van der Waals surface area contributed by atoms with E-state index < -0.39 is 0 Å². The summed E-state index contributed by atoms with van der Waals surface area (Å²) in [6, 6.07) is 8.01. The maximum absolute atomic E-state index is 12.0. The molecule has 0 fully saturated rings. The van der Waals surface area contributed by atoms with E-state index in [1.54, 1.807) is 6.20 Å². The fourth-order valence-electron chi connectivity index (χ4n) is 2.46. The average molecular weight is 282 g/mol. The second kappa shape index (κ2) is 5.83. The number of aromatic nitrogens is 3. The highest BCUT2D eigenvalue weighted by molar-refractivity contribution is 5.88. The number of aryl methyl sites for hydroxylation is 1. The van der Waals surface area contributed by atoms with Crippen molar-refractivity contribution in [1.82, 2.24) is 19.9 Å². The summed E-state index contributed by atoms with van der Waals surface area (Å²) >= 11 is 0. The zero-order valence-corrected chi connectivity index (χ0v) is 12.0. The Hall–Kier alpha value is -2.56. The van der Waals surface area contributed by atoms with Crippen molar-refractivity contribution >= 4 is 16.8 Å². The van der Waals surface area contributed by atoms with Crippen molar-refractivity contribution in [2.75, 3.05) is 6.54 Å². The van der Waals surface area contributed by atoms with Crippen LogP contribution >= 0.6 is 0 Å². The monoisotopic (exact) mass is 282 g/mol. The number of carbonyl (C=O) groups excluding carboxylic acids is 1. The number of nitrogens with zero attached hydrogens (tertiary/aromatic N) is 2. The van der Waals surface area contributed by atoms with Crippen LogP contribution in [0.25, 0.3) is 10.9 Å². The Kier molecular flexibility index (Phi) is 3.73. The van der Waals surface area contributed by atoms with Crippen LogP contribution in [0.1, 0.15) is 11.4 Å². The highest BCUT2D eigenvalue weighted by Gasteiger charge is 2.08. The lowest BCUT2D eigenvalue weighted by molar-refractivity contribution is -0.120. The van der Waals surface area contributed by atoms with Crippen LogP contribution in [0.3, 0.4) is 0 Å². The molecule has 0 atom stereocenters. The van der Waals surface area contributed by atoms with Crippen LogP contribution in [0.15, 0.2) is 42.9 Å². The Balaban J connectivity index is 1.56. The van der Waals surface area contributed by atoms with E-state index in [1.807, 2.05) is 48.3 Å². The third-order valence-corrected chi connectivity index (χ3v) is 3.62. The van der Waals surface area contributed by atoms with E-state index in [-0.39, 0.29) is 5.91 Å².